The van der Waals surface area contributed by atoms with E-state index >= 15 is 0 Å². The Hall–Kier alpha value is -2.37. The average molecular weight is 329 g/mol. The number of carbonyl (C=O) groups is 3. The Morgan fingerprint density at radius 1 is 1.08 bits per heavy atom. The first kappa shape index (κ1) is 16.5. The van der Waals surface area contributed by atoms with Gasteiger partial charge in [-0.3, -0.25) is 19.3 Å². The minimum Gasteiger partial charge on any atom is -0.378 e. The first-order chi connectivity index (χ1) is 11.5. The third-order valence-corrected chi connectivity index (χ3v) is 4.90. The van der Waals surface area contributed by atoms with Crippen LogP contribution in [0.4, 0.5) is 11.4 Å². The largest absolute Gasteiger partial charge is 0.378 e. The molecule has 128 valence electrons. The van der Waals surface area contributed by atoms with Crippen LogP contribution in [0.25, 0.3) is 0 Å². The zero-order chi connectivity index (χ0) is 17.3. The highest BCUT2D eigenvalue weighted by Gasteiger charge is 2.48. The number of carbonyl (C=O) groups excluding carboxylic acids is 3. The third-order valence-electron chi connectivity index (χ3n) is 4.90. The summed E-state index contributed by atoms with van der Waals surface area (Å²) in [4.78, 5) is 40.1. The van der Waals surface area contributed by atoms with Gasteiger partial charge in [-0.2, -0.15) is 0 Å². The Morgan fingerprint density at radius 2 is 1.62 bits per heavy atom. The maximum absolute atomic E-state index is 12.4. The lowest BCUT2D eigenvalue weighted by Crippen LogP contribution is -2.38. The minimum atomic E-state index is -0.340. The van der Waals surface area contributed by atoms with Gasteiger partial charge in [0.1, 0.15) is 6.54 Å². The first-order valence-electron chi connectivity index (χ1n) is 8.40. The zero-order valence-electron chi connectivity index (χ0n) is 14.1. The van der Waals surface area contributed by atoms with Crippen molar-refractivity contribution in [3.05, 3.63) is 24.3 Å². The highest BCUT2D eigenvalue weighted by atomic mass is 16.2. The standard InChI is InChI=1S/C18H23N3O3/c1-20(2)13-9-7-12(8-10-13)19-16(22)11-21-17(23)14-5-3-4-6-15(14)18(21)24/h7-10,14-15H,3-6,11H2,1-2H3,(H,19,22)/t14-,15+. The summed E-state index contributed by atoms with van der Waals surface area (Å²) in [6.07, 6.45) is 3.50. The zero-order valence-corrected chi connectivity index (χ0v) is 14.1. The molecular weight excluding hydrogens is 306 g/mol. The van der Waals surface area contributed by atoms with Crippen LogP contribution >= 0.6 is 0 Å². The first-order valence-corrected chi connectivity index (χ1v) is 8.40. The number of hydrogen-bond acceptors (Lipinski definition) is 4. The van der Waals surface area contributed by atoms with Gasteiger partial charge >= 0.3 is 0 Å². The fraction of sp³-hybridized carbons (Fsp3) is 0.500. The van der Waals surface area contributed by atoms with Gasteiger partial charge in [0.25, 0.3) is 0 Å². The number of imide groups is 1. The van der Waals surface area contributed by atoms with Gasteiger partial charge in [0.15, 0.2) is 0 Å². The summed E-state index contributed by atoms with van der Waals surface area (Å²) in [6, 6.07) is 7.41. The maximum atomic E-state index is 12.4. The Kier molecular flexibility index (Phi) is 4.55. The molecule has 1 N–H and O–H groups in total. The molecule has 3 amide bonds. The SMILES string of the molecule is CN(C)c1ccc(NC(=O)CN2C(=O)[C@H]3CCCC[C@H]3C2=O)cc1. The van der Waals surface area contributed by atoms with Crippen molar-refractivity contribution in [3.63, 3.8) is 0 Å². The summed E-state index contributed by atoms with van der Waals surface area (Å²) in [5.74, 6) is -1.12. The average Bonchev–Trinajstić information content (AvgIpc) is 2.81. The number of benzene rings is 1. The molecular formula is C18H23N3O3. The molecule has 1 saturated heterocycles. The predicted molar refractivity (Wildman–Crippen MR) is 91.6 cm³/mol. The highest BCUT2D eigenvalue weighted by Crippen LogP contribution is 2.37. The summed E-state index contributed by atoms with van der Waals surface area (Å²) in [6.45, 7) is -0.194. The molecule has 6 heteroatoms. The van der Waals surface area contributed by atoms with Gasteiger partial charge in [0, 0.05) is 25.5 Å². The van der Waals surface area contributed by atoms with Crippen LogP contribution in [0.1, 0.15) is 25.7 Å². The van der Waals surface area contributed by atoms with E-state index in [-0.39, 0.29) is 36.1 Å². The van der Waals surface area contributed by atoms with E-state index in [4.69, 9.17) is 0 Å². The van der Waals surface area contributed by atoms with E-state index in [1.165, 1.54) is 0 Å². The molecule has 1 aromatic carbocycles. The number of fused-ring (bicyclic) bond motifs is 1. The number of hydrogen-bond donors (Lipinski definition) is 1. The van der Waals surface area contributed by atoms with Crippen LogP contribution < -0.4 is 10.2 Å². The fourth-order valence-corrected chi connectivity index (χ4v) is 3.57. The van der Waals surface area contributed by atoms with Gasteiger partial charge < -0.3 is 10.2 Å². The molecule has 1 aromatic rings. The van der Waals surface area contributed by atoms with E-state index in [0.29, 0.717) is 5.69 Å². The van der Waals surface area contributed by atoms with E-state index in [0.717, 1.165) is 36.3 Å². The molecule has 0 bridgehead atoms. The molecule has 2 fully saturated rings. The smallest absolute Gasteiger partial charge is 0.244 e. The van der Waals surface area contributed by atoms with Gasteiger partial charge in [-0.05, 0) is 37.1 Å². The lowest BCUT2D eigenvalue weighted by Gasteiger charge is -2.19. The predicted octanol–water partition coefficient (Wildman–Crippen LogP) is 1.87. The van der Waals surface area contributed by atoms with Gasteiger partial charge in [0.2, 0.25) is 17.7 Å². The van der Waals surface area contributed by atoms with Crippen LogP contribution in [0.3, 0.4) is 0 Å². The molecule has 0 unspecified atom stereocenters. The molecule has 2 aliphatic rings. The molecule has 1 heterocycles. The monoisotopic (exact) mass is 329 g/mol. The van der Waals surface area contributed by atoms with Crippen molar-refractivity contribution in [3.8, 4) is 0 Å². The second kappa shape index (κ2) is 6.63. The number of nitrogens with one attached hydrogen (secondary N) is 1. The Bertz CT molecular complexity index is 630. The van der Waals surface area contributed by atoms with Crippen LogP contribution in [0, 0.1) is 11.8 Å². The van der Waals surface area contributed by atoms with E-state index < -0.39 is 0 Å². The van der Waals surface area contributed by atoms with Crippen LogP contribution in [0.5, 0.6) is 0 Å². The van der Waals surface area contributed by atoms with Crippen LogP contribution in [-0.4, -0.2) is 43.3 Å². The second-order valence-corrected chi connectivity index (χ2v) is 6.75. The second-order valence-electron chi connectivity index (χ2n) is 6.75. The molecule has 3 rings (SSSR count). The van der Waals surface area contributed by atoms with Crippen molar-refractivity contribution in [1.82, 2.24) is 4.90 Å². The van der Waals surface area contributed by atoms with Crippen molar-refractivity contribution in [1.29, 1.82) is 0 Å². The van der Waals surface area contributed by atoms with Crippen molar-refractivity contribution < 1.29 is 14.4 Å². The highest BCUT2D eigenvalue weighted by molar-refractivity contribution is 6.08. The number of amides is 3. The molecule has 1 aliphatic carbocycles. The van der Waals surface area contributed by atoms with E-state index in [9.17, 15) is 14.4 Å². The molecule has 24 heavy (non-hydrogen) atoms. The lowest BCUT2D eigenvalue weighted by molar-refractivity contribution is -0.142. The molecule has 0 radical (unpaired) electrons. The molecule has 1 aliphatic heterocycles. The quantitative estimate of drug-likeness (QED) is 0.856. The Balaban J connectivity index is 1.62. The fourth-order valence-electron chi connectivity index (χ4n) is 3.57. The van der Waals surface area contributed by atoms with Crippen LogP contribution in [-0.2, 0) is 14.4 Å². The molecule has 0 aromatic heterocycles. The summed E-state index contributed by atoms with van der Waals surface area (Å²) >= 11 is 0. The number of likely N-dealkylation sites (tertiary alicyclic amines) is 1. The Morgan fingerprint density at radius 3 is 2.12 bits per heavy atom. The molecule has 1 saturated carbocycles. The van der Waals surface area contributed by atoms with E-state index in [1.54, 1.807) is 12.1 Å². The lowest BCUT2D eigenvalue weighted by atomic mass is 9.81. The number of rotatable bonds is 4. The van der Waals surface area contributed by atoms with Gasteiger partial charge in [-0.15, -0.1) is 0 Å². The Labute approximate surface area is 141 Å². The minimum absolute atomic E-state index is 0.178. The van der Waals surface area contributed by atoms with Gasteiger partial charge in [-0.25, -0.2) is 0 Å². The van der Waals surface area contributed by atoms with Gasteiger partial charge in [0.05, 0.1) is 11.8 Å². The van der Waals surface area contributed by atoms with E-state index in [2.05, 4.69) is 5.32 Å². The summed E-state index contributed by atoms with van der Waals surface area (Å²) < 4.78 is 0. The molecule has 6 nitrogen and oxygen atoms in total. The normalized spacial score (nSPS) is 23.2. The van der Waals surface area contributed by atoms with Crippen molar-refractivity contribution >= 4 is 29.1 Å². The van der Waals surface area contributed by atoms with Gasteiger partial charge in [-0.1, -0.05) is 12.8 Å². The third kappa shape index (κ3) is 3.13. The van der Waals surface area contributed by atoms with Crippen LogP contribution in [0.15, 0.2) is 24.3 Å². The van der Waals surface area contributed by atoms with E-state index in [1.807, 2.05) is 31.1 Å². The number of nitrogens with zero attached hydrogens (tertiary/aromatic N) is 2. The van der Waals surface area contributed by atoms with Crippen molar-refractivity contribution in [2.45, 2.75) is 25.7 Å². The molecule has 2 atom stereocenters. The van der Waals surface area contributed by atoms with Crippen LogP contribution in [0.2, 0.25) is 0 Å². The topological polar surface area (TPSA) is 69.7 Å². The summed E-state index contributed by atoms with van der Waals surface area (Å²) in [7, 11) is 3.88. The summed E-state index contributed by atoms with van der Waals surface area (Å²) in [5.41, 5.74) is 1.68. The summed E-state index contributed by atoms with van der Waals surface area (Å²) in [5, 5.41) is 2.75. The molecule has 0 spiro atoms. The maximum Gasteiger partial charge on any atom is 0.244 e. The number of anilines is 2. The van der Waals surface area contributed by atoms with Crippen molar-refractivity contribution in [2.75, 3.05) is 30.9 Å². The van der Waals surface area contributed by atoms with Crippen molar-refractivity contribution in [2.24, 2.45) is 11.8 Å².